The van der Waals surface area contributed by atoms with Gasteiger partial charge in [-0.05, 0) is 17.7 Å². The first-order valence-corrected chi connectivity index (χ1v) is 6.78. The van der Waals surface area contributed by atoms with Crippen LogP contribution >= 0.6 is 0 Å². The molecule has 2 amide bonds. The number of amides is 2. The van der Waals surface area contributed by atoms with Crippen molar-refractivity contribution in [2.24, 2.45) is 0 Å². The third kappa shape index (κ3) is 2.97. The van der Waals surface area contributed by atoms with Gasteiger partial charge in [-0.1, -0.05) is 12.1 Å². The van der Waals surface area contributed by atoms with Gasteiger partial charge in [0, 0.05) is 19.5 Å². The van der Waals surface area contributed by atoms with Crippen LogP contribution in [0.1, 0.15) is 12.0 Å². The van der Waals surface area contributed by atoms with Crippen LogP contribution in [-0.2, 0) is 10.3 Å². The fourth-order valence-electron chi connectivity index (χ4n) is 2.65. The number of carboxylic acid groups (broad SMARTS) is 1. The fourth-order valence-corrected chi connectivity index (χ4v) is 2.65. The number of aliphatic hydroxyl groups is 2. The van der Waals surface area contributed by atoms with Crippen molar-refractivity contribution in [1.29, 1.82) is 0 Å². The maximum absolute atomic E-state index is 12.6. The minimum absolute atomic E-state index is 0.00669. The molecule has 2 rings (SSSR count). The summed E-state index contributed by atoms with van der Waals surface area (Å²) in [5.41, 5.74) is -1.03. The van der Waals surface area contributed by atoms with Crippen LogP contribution in [0.4, 0.5) is 4.79 Å². The van der Waals surface area contributed by atoms with Gasteiger partial charge in [0.15, 0.2) is 0 Å². The largest absolute Gasteiger partial charge is 0.508 e. The highest BCUT2D eigenvalue weighted by molar-refractivity contribution is 5.92. The molecule has 2 unspecified atom stereocenters. The lowest BCUT2D eigenvalue weighted by Crippen LogP contribution is -2.52. The molecule has 1 aliphatic heterocycles. The summed E-state index contributed by atoms with van der Waals surface area (Å²) >= 11 is 0. The molecule has 1 saturated heterocycles. The van der Waals surface area contributed by atoms with Crippen molar-refractivity contribution in [2.75, 3.05) is 19.7 Å². The van der Waals surface area contributed by atoms with Gasteiger partial charge in [0.2, 0.25) is 0 Å². The summed E-state index contributed by atoms with van der Waals surface area (Å²) in [6.07, 6.45) is -2.23. The second-order valence-corrected chi connectivity index (χ2v) is 5.22. The molecule has 0 aromatic heterocycles. The highest BCUT2D eigenvalue weighted by atomic mass is 16.4. The van der Waals surface area contributed by atoms with Crippen LogP contribution < -0.4 is 5.32 Å². The third-order valence-corrected chi connectivity index (χ3v) is 3.73. The Balaban J connectivity index is 2.33. The molecular formula is C14H18N2O6. The van der Waals surface area contributed by atoms with Crippen LogP contribution in [0.25, 0.3) is 0 Å². The Labute approximate surface area is 126 Å². The lowest BCUT2D eigenvalue weighted by Gasteiger charge is -2.28. The minimum atomic E-state index is -1.45. The Morgan fingerprint density at radius 3 is 2.55 bits per heavy atom. The van der Waals surface area contributed by atoms with Gasteiger partial charge in [0.1, 0.15) is 11.3 Å². The Kier molecular flexibility index (Phi) is 4.53. The number of carbonyl (C=O) groups excluding carboxylic acids is 1. The molecular weight excluding hydrogens is 292 g/mol. The first-order valence-electron chi connectivity index (χ1n) is 6.78. The van der Waals surface area contributed by atoms with Gasteiger partial charge in [-0.3, -0.25) is 4.79 Å². The number of β-amino-alcohol motifs (C(OH)–C–C–N with tert-alkyl or cyclic N) is 1. The predicted octanol–water partition coefficient (Wildman–Crippen LogP) is -0.559. The Bertz CT molecular complexity index is 561. The second-order valence-electron chi connectivity index (χ2n) is 5.22. The topological polar surface area (TPSA) is 130 Å². The average molecular weight is 310 g/mol. The van der Waals surface area contributed by atoms with Gasteiger partial charge in [-0.15, -0.1) is 0 Å². The smallest absolute Gasteiger partial charge is 0.405 e. The van der Waals surface area contributed by atoms with Crippen LogP contribution in [0, 0.1) is 0 Å². The number of nitrogens with zero attached hydrogens (tertiary/aromatic N) is 1. The number of nitrogens with one attached hydrogen (secondary N) is 1. The molecule has 0 aliphatic carbocycles. The van der Waals surface area contributed by atoms with E-state index >= 15 is 0 Å². The van der Waals surface area contributed by atoms with Crippen molar-refractivity contribution in [3.63, 3.8) is 0 Å². The molecule has 1 fully saturated rings. The van der Waals surface area contributed by atoms with E-state index in [9.17, 15) is 19.8 Å². The van der Waals surface area contributed by atoms with E-state index in [1.54, 1.807) is 0 Å². The summed E-state index contributed by atoms with van der Waals surface area (Å²) in [5, 5.41) is 39.0. The van der Waals surface area contributed by atoms with Gasteiger partial charge in [0.25, 0.3) is 5.91 Å². The second kappa shape index (κ2) is 6.20. The quantitative estimate of drug-likeness (QED) is 0.495. The minimum Gasteiger partial charge on any atom is -0.508 e. The van der Waals surface area contributed by atoms with Crippen LogP contribution in [-0.4, -0.2) is 63.1 Å². The number of phenolic OH excluding ortho intramolecular Hbond substituents is 1. The van der Waals surface area contributed by atoms with Crippen LogP contribution in [0.2, 0.25) is 0 Å². The summed E-state index contributed by atoms with van der Waals surface area (Å²) in [7, 11) is 0. The normalized spacial score (nSPS) is 22.6. The maximum Gasteiger partial charge on any atom is 0.405 e. The van der Waals surface area contributed by atoms with E-state index in [1.165, 1.54) is 29.2 Å². The van der Waals surface area contributed by atoms with Gasteiger partial charge in [0.05, 0.1) is 12.7 Å². The summed E-state index contributed by atoms with van der Waals surface area (Å²) in [5.74, 6) is -0.486. The first kappa shape index (κ1) is 16.1. The van der Waals surface area contributed by atoms with E-state index in [2.05, 4.69) is 5.32 Å². The van der Waals surface area contributed by atoms with E-state index in [1.807, 2.05) is 0 Å². The summed E-state index contributed by atoms with van der Waals surface area (Å²) in [6, 6.07) is 5.71. The number of likely N-dealkylation sites (tertiary alicyclic amines) is 1. The van der Waals surface area contributed by atoms with Gasteiger partial charge >= 0.3 is 6.09 Å². The zero-order chi connectivity index (χ0) is 16.3. The van der Waals surface area contributed by atoms with Crippen molar-refractivity contribution >= 4 is 12.0 Å². The number of aliphatic hydroxyl groups excluding tert-OH is 2. The van der Waals surface area contributed by atoms with Gasteiger partial charge in [-0.2, -0.15) is 0 Å². The monoisotopic (exact) mass is 310 g/mol. The van der Waals surface area contributed by atoms with Crippen molar-refractivity contribution in [3.05, 3.63) is 29.8 Å². The lowest BCUT2D eigenvalue weighted by atomic mass is 9.88. The van der Waals surface area contributed by atoms with Crippen molar-refractivity contribution in [3.8, 4) is 5.75 Å². The molecule has 1 aromatic rings. The van der Waals surface area contributed by atoms with E-state index in [-0.39, 0.29) is 25.3 Å². The van der Waals surface area contributed by atoms with Crippen LogP contribution in [0.3, 0.4) is 0 Å². The van der Waals surface area contributed by atoms with E-state index in [0.29, 0.717) is 5.56 Å². The Morgan fingerprint density at radius 1 is 1.36 bits per heavy atom. The molecule has 8 heteroatoms. The van der Waals surface area contributed by atoms with E-state index in [0.717, 1.165) is 0 Å². The zero-order valence-electron chi connectivity index (χ0n) is 11.8. The molecule has 0 saturated carbocycles. The number of aromatic hydroxyl groups is 1. The number of phenols is 1. The van der Waals surface area contributed by atoms with Crippen LogP contribution in [0.15, 0.2) is 24.3 Å². The summed E-state index contributed by atoms with van der Waals surface area (Å²) in [4.78, 5) is 25.1. The molecule has 2 atom stereocenters. The molecule has 1 aliphatic rings. The average Bonchev–Trinajstić information content (AvgIpc) is 2.77. The first-order chi connectivity index (χ1) is 10.4. The Morgan fingerprint density at radius 2 is 2.00 bits per heavy atom. The molecule has 1 aromatic carbocycles. The molecule has 22 heavy (non-hydrogen) atoms. The lowest BCUT2D eigenvalue weighted by molar-refractivity contribution is -0.134. The number of hydrogen-bond acceptors (Lipinski definition) is 5. The van der Waals surface area contributed by atoms with Gasteiger partial charge in [-0.25, -0.2) is 4.79 Å². The van der Waals surface area contributed by atoms with Crippen molar-refractivity contribution in [2.45, 2.75) is 18.1 Å². The molecule has 0 bridgehead atoms. The van der Waals surface area contributed by atoms with Crippen molar-refractivity contribution in [1.82, 2.24) is 10.2 Å². The van der Waals surface area contributed by atoms with Gasteiger partial charge < -0.3 is 30.6 Å². The molecule has 0 radical (unpaired) electrons. The standard InChI is InChI=1S/C14H18N2O6/c17-8-11(19)7-16-6-5-14(12(16)20,15-13(21)22)9-1-3-10(18)4-2-9/h1-4,11,15,17-19H,5-8H2,(H,21,22). The highest BCUT2D eigenvalue weighted by Crippen LogP contribution is 2.34. The number of rotatable bonds is 5. The number of benzene rings is 1. The SMILES string of the molecule is O=C(O)NC1(c2ccc(O)cc2)CCN(CC(O)CO)C1=O. The molecule has 8 nitrogen and oxygen atoms in total. The predicted molar refractivity (Wildman–Crippen MR) is 75.2 cm³/mol. The van der Waals surface area contributed by atoms with Crippen molar-refractivity contribution < 1.29 is 30.0 Å². The molecule has 5 N–H and O–H groups in total. The zero-order valence-corrected chi connectivity index (χ0v) is 11.8. The van der Waals surface area contributed by atoms with E-state index in [4.69, 9.17) is 10.2 Å². The molecule has 0 spiro atoms. The number of hydrogen-bond donors (Lipinski definition) is 5. The number of carbonyl (C=O) groups is 2. The molecule has 1 heterocycles. The van der Waals surface area contributed by atoms with Crippen LogP contribution in [0.5, 0.6) is 5.75 Å². The van der Waals surface area contributed by atoms with E-state index < -0.39 is 30.3 Å². The summed E-state index contributed by atoms with van der Waals surface area (Å²) in [6.45, 7) is -0.310. The fraction of sp³-hybridized carbons (Fsp3) is 0.429. The molecule has 120 valence electrons. The third-order valence-electron chi connectivity index (χ3n) is 3.73. The Hall–Kier alpha value is -2.32. The maximum atomic E-state index is 12.6. The highest BCUT2D eigenvalue weighted by Gasteiger charge is 2.49. The summed E-state index contributed by atoms with van der Waals surface area (Å²) < 4.78 is 0.